The van der Waals surface area contributed by atoms with Gasteiger partial charge in [-0.2, -0.15) is 0 Å². The summed E-state index contributed by atoms with van der Waals surface area (Å²) in [5.41, 5.74) is 1.47. The molecule has 0 saturated carbocycles. The van der Waals surface area contributed by atoms with E-state index in [-0.39, 0.29) is 28.9 Å². The number of ketones is 1. The molecule has 0 saturated heterocycles. The second kappa shape index (κ2) is 7.29. The van der Waals surface area contributed by atoms with Crippen LogP contribution in [0.15, 0.2) is 36.4 Å². The lowest BCUT2D eigenvalue weighted by Crippen LogP contribution is -2.29. The lowest BCUT2D eigenvalue weighted by molar-refractivity contribution is -0.137. The highest BCUT2D eigenvalue weighted by Gasteiger charge is 2.45. The molecule has 0 bridgehead atoms. The highest BCUT2D eigenvalue weighted by Crippen LogP contribution is 2.47. The summed E-state index contributed by atoms with van der Waals surface area (Å²) in [6.45, 7) is 2.12. The third-order valence-corrected chi connectivity index (χ3v) is 5.58. The summed E-state index contributed by atoms with van der Waals surface area (Å²) in [4.78, 5) is 23.7. The van der Waals surface area contributed by atoms with Crippen molar-refractivity contribution in [3.63, 3.8) is 0 Å². The van der Waals surface area contributed by atoms with Crippen LogP contribution in [0.3, 0.4) is 0 Å². The first-order chi connectivity index (χ1) is 12.3. The third-order valence-electron chi connectivity index (χ3n) is 4.73. The molecule has 0 aliphatic heterocycles. The van der Waals surface area contributed by atoms with Gasteiger partial charge in [0.25, 0.3) is 0 Å². The van der Waals surface area contributed by atoms with Crippen molar-refractivity contribution in [3.05, 3.63) is 63.1 Å². The molecule has 0 amide bonds. The molecular formula is C20H18Cl2O4. The molecule has 1 atom stereocenters. The maximum atomic E-state index is 13.1. The van der Waals surface area contributed by atoms with E-state index in [9.17, 15) is 9.59 Å². The number of carboxylic acid groups (broad SMARTS) is 1. The van der Waals surface area contributed by atoms with Crippen LogP contribution in [0, 0.1) is 0 Å². The summed E-state index contributed by atoms with van der Waals surface area (Å²) in [5, 5.41) is 9.07. The predicted molar refractivity (Wildman–Crippen MR) is 101 cm³/mol. The van der Waals surface area contributed by atoms with E-state index in [1.807, 2.05) is 37.3 Å². The summed E-state index contributed by atoms with van der Waals surface area (Å²) in [5.74, 6) is -0.551. The quantitative estimate of drug-likeness (QED) is 0.707. The smallest absolute Gasteiger partial charge is 0.303 e. The lowest BCUT2D eigenvalue weighted by Gasteiger charge is -2.22. The maximum absolute atomic E-state index is 13.1. The topological polar surface area (TPSA) is 63.6 Å². The molecule has 0 aromatic heterocycles. The summed E-state index contributed by atoms with van der Waals surface area (Å²) < 4.78 is 5.61. The Hall–Kier alpha value is -2.04. The first-order valence-corrected chi connectivity index (χ1v) is 9.06. The van der Waals surface area contributed by atoms with Gasteiger partial charge in [0, 0.05) is 12.0 Å². The monoisotopic (exact) mass is 392 g/mol. The van der Waals surface area contributed by atoms with E-state index in [1.54, 1.807) is 6.07 Å². The van der Waals surface area contributed by atoms with Crippen LogP contribution in [-0.2, 0) is 16.6 Å². The van der Waals surface area contributed by atoms with E-state index < -0.39 is 11.4 Å². The van der Waals surface area contributed by atoms with Gasteiger partial charge in [-0.3, -0.25) is 9.59 Å². The van der Waals surface area contributed by atoms with E-state index >= 15 is 0 Å². The van der Waals surface area contributed by atoms with E-state index in [0.717, 1.165) is 11.1 Å². The first-order valence-electron chi connectivity index (χ1n) is 8.30. The fourth-order valence-corrected chi connectivity index (χ4v) is 3.83. The number of hydrogen-bond acceptors (Lipinski definition) is 3. The van der Waals surface area contributed by atoms with Crippen molar-refractivity contribution in [2.24, 2.45) is 0 Å². The zero-order chi connectivity index (χ0) is 18.9. The minimum atomic E-state index is -0.879. The molecule has 6 heteroatoms. The number of fused-ring (bicyclic) bond motifs is 1. The molecule has 2 aromatic carbocycles. The van der Waals surface area contributed by atoms with Crippen LogP contribution in [0.2, 0.25) is 10.0 Å². The van der Waals surface area contributed by atoms with Gasteiger partial charge in [-0.15, -0.1) is 0 Å². The fourth-order valence-electron chi connectivity index (χ4n) is 3.32. The number of aliphatic carboxylic acids is 1. The second-order valence-corrected chi connectivity index (χ2v) is 7.34. The van der Waals surface area contributed by atoms with Crippen molar-refractivity contribution in [1.29, 1.82) is 0 Å². The molecule has 1 aliphatic rings. The van der Waals surface area contributed by atoms with Crippen molar-refractivity contribution in [2.45, 2.75) is 31.6 Å². The Labute approximate surface area is 161 Å². The standard InChI is InChI=1S/C20H18Cl2O4/c1-20(13-6-3-2-4-7-13)11-12-10-14(26-9-5-8-15(23)24)17(21)18(22)16(12)19(20)25/h2-4,6-7,10H,5,8-9,11H2,1H3,(H,23,24)/t20-/m0/s1. The molecular weight excluding hydrogens is 375 g/mol. The maximum Gasteiger partial charge on any atom is 0.303 e. The van der Waals surface area contributed by atoms with Gasteiger partial charge in [-0.1, -0.05) is 53.5 Å². The van der Waals surface area contributed by atoms with Crippen molar-refractivity contribution in [2.75, 3.05) is 6.61 Å². The van der Waals surface area contributed by atoms with Crippen LogP contribution in [-0.4, -0.2) is 23.5 Å². The van der Waals surface area contributed by atoms with Crippen LogP contribution in [0.4, 0.5) is 0 Å². The Bertz CT molecular complexity index is 864. The number of benzene rings is 2. The Kier molecular flexibility index (Phi) is 5.26. The number of Topliss-reactive ketones (excluding diaryl/α,β-unsaturated/α-hetero) is 1. The Balaban J connectivity index is 1.90. The minimum absolute atomic E-state index is 0.0147. The van der Waals surface area contributed by atoms with Gasteiger partial charge in [-0.05, 0) is 37.0 Å². The van der Waals surface area contributed by atoms with Crippen molar-refractivity contribution < 1.29 is 19.4 Å². The SMILES string of the molecule is C[C@@]1(c2ccccc2)Cc2cc(OCCCC(=O)O)c(Cl)c(Cl)c2C1=O. The van der Waals surface area contributed by atoms with Gasteiger partial charge in [0.05, 0.1) is 17.0 Å². The largest absolute Gasteiger partial charge is 0.492 e. The van der Waals surface area contributed by atoms with E-state index in [1.165, 1.54) is 0 Å². The molecule has 136 valence electrons. The highest BCUT2D eigenvalue weighted by atomic mass is 35.5. The van der Waals surface area contributed by atoms with Crippen molar-refractivity contribution >= 4 is 35.0 Å². The van der Waals surface area contributed by atoms with E-state index in [4.69, 9.17) is 33.0 Å². The van der Waals surface area contributed by atoms with Gasteiger partial charge >= 0.3 is 5.97 Å². The number of carbonyl (C=O) groups excluding carboxylic acids is 1. The normalized spacial score (nSPS) is 18.7. The Morgan fingerprint density at radius 2 is 1.92 bits per heavy atom. The van der Waals surface area contributed by atoms with Gasteiger partial charge in [-0.25, -0.2) is 0 Å². The molecule has 0 fully saturated rings. The van der Waals surface area contributed by atoms with Crippen LogP contribution in [0.25, 0.3) is 0 Å². The van der Waals surface area contributed by atoms with Crippen LogP contribution in [0.5, 0.6) is 5.75 Å². The molecule has 0 unspecified atom stereocenters. The molecule has 4 nitrogen and oxygen atoms in total. The van der Waals surface area contributed by atoms with Gasteiger partial charge in [0.2, 0.25) is 0 Å². The molecule has 3 rings (SSSR count). The number of rotatable bonds is 6. The second-order valence-electron chi connectivity index (χ2n) is 6.59. The van der Waals surface area contributed by atoms with E-state index in [2.05, 4.69) is 0 Å². The van der Waals surface area contributed by atoms with Crippen LogP contribution in [0.1, 0.15) is 41.3 Å². The van der Waals surface area contributed by atoms with Crippen LogP contribution >= 0.6 is 23.2 Å². The van der Waals surface area contributed by atoms with Gasteiger partial charge in [0.1, 0.15) is 10.8 Å². The van der Waals surface area contributed by atoms with Crippen LogP contribution < -0.4 is 4.74 Å². The summed E-state index contributed by atoms with van der Waals surface area (Å²) in [6, 6.07) is 11.3. The zero-order valence-corrected chi connectivity index (χ0v) is 15.7. The first kappa shape index (κ1) is 18.7. The molecule has 2 aromatic rings. The van der Waals surface area contributed by atoms with Gasteiger partial charge in [0.15, 0.2) is 5.78 Å². The molecule has 0 spiro atoms. The predicted octanol–water partition coefficient (Wildman–Crippen LogP) is 4.93. The van der Waals surface area contributed by atoms with Crippen molar-refractivity contribution in [3.8, 4) is 5.75 Å². The Morgan fingerprint density at radius 3 is 2.58 bits per heavy atom. The summed E-state index contributed by atoms with van der Waals surface area (Å²) in [7, 11) is 0. The number of carbonyl (C=O) groups is 2. The number of hydrogen-bond donors (Lipinski definition) is 1. The summed E-state index contributed by atoms with van der Waals surface area (Å²) >= 11 is 12.7. The van der Waals surface area contributed by atoms with E-state index in [0.29, 0.717) is 24.2 Å². The summed E-state index contributed by atoms with van der Waals surface area (Å²) in [6.07, 6.45) is 0.884. The zero-order valence-electron chi connectivity index (χ0n) is 14.2. The average Bonchev–Trinajstić information content (AvgIpc) is 2.88. The molecule has 0 radical (unpaired) electrons. The average molecular weight is 393 g/mol. The molecule has 1 aliphatic carbocycles. The lowest BCUT2D eigenvalue weighted by atomic mass is 9.79. The molecule has 26 heavy (non-hydrogen) atoms. The molecule has 0 heterocycles. The number of carboxylic acids is 1. The van der Waals surface area contributed by atoms with Gasteiger partial charge < -0.3 is 9.84 Å². The fraction of sp³-hybridized carbons (Fsp3) is 0.300. The number of ether oxygens (including phenoxy) is 1. The highest BCUT2D eigenvalue weighted by molar-refractivity contribution is 6.45. The molecule has 1 N–H and O–H groups in total. The third kappa shape index (κ3) is 3.31. The minimum Gasteiger partial charge on any atom is -0.492 e. The number of halogens is 2. The Morgan fingerprint density at radius 1 is 1.23 bits per heavy atom. The van der Waals surface area contributed by atoms with Crippen molar-refractivity contribution in [1.82, 2.24) is 0 Å².